The van der Waals surface area contributed by atoms with Crippen molar-refractivity contribution in [3.05, 3.63) is 29.1 Å². The van der Waals surface area contributed by atoms with Crippen LogP contribution < -0.4 is 10.0 Å². The first kappa shape index (κ1) is 16.7. The van der Waals surface area contributed by atoms with Crippen LogP contribution in [-0.4, -0.2) is 25.2 Å². The van der Waals surface area contributed by atoms with E-state index < -0.39 is 10.0 Å². The second-order valence-electron chi connectivity index (χ2n) is 5.38. The monoisotopic (exact) mass is 340 g/mol. The van der Waals surface area contributed by atoms with Crippen LogP contribution >= 0.6 is 11.3 Å². The Labute approximate surface area is 135 Å². The maximum Gasteiger partial charge on any atom is 0.272 e. The average Bonchev–Trinajstić information content (AvgIpc) is 2.88. The summed E-state index contributed by atoms with van der Waals surface area (Å²) < 4.78 is 27.0. The molecule has 2 rings (SSSR count). The average molecular weight is 340 g/mol. The molecule has 0 aliphatic rings. The SMILES string of the molecule is Cc1ccc(S(=O)(=O)Nc2ccc(NCCC(C)C)nn2)s1. The lowest BCUT2D eigenvalue weighted by molar-refractivity contribution is 0.602. The Kier molecular flexibility index (Phi) is 5.36. The van der Waals surface area contributed by atoms with E-state index >= 15 is 0 Å². The topological polar surface area (TPSA) is 84.0 Å². The minimum atomic E-state index is -3.59. The van der Waals surface area contributed by atoms with Crippen molar-refractivity contribution in [1.82, 2.24) is 10.2 Å². The van der Waals surface area contributed by atoms with E-state index in [9.17, 15) is 8.42 Å². The highest BCUT2D eigenvalue weighted by Gasteiger charge is 2.17. The third-order valence-corrected chi connectivity index (χ3v) is 5.76. The van der Waals surface area contributed by atoms with Crippen LogP contribution in [-0.2, 0) is 10.0 Å². The first-order valence-corrected chi connectivity index (χ1v) is 9.33. The minimum absolute atomic E-state index is 0.209. The van der Waals surface area contributed by atoms with E-state index in [2.05, 4.69) is 34.1 Å². The van der Waals surface area contributed by atoms with E-state index in [1.165, 1.54) is 11.3 Å². The van der Waals surface area contributed by atoms with Gasteiger partial charge in [0.05, 0.1) is 0 Å². The molecular formula is C14H20N4O2S2. The predicted octanol–water partition coefficient (Wildman–Crippen LogP) is 3.11. The van der Waals surface area contributed by atoms with Crippen LogP contribution in [0.4, 0.5) is 11.6 Å². The zero-order valence-corrected chi connectivity index (χ0v) is 14.5. The molecule has 0 unspecified atom stereocenters. The van der Waals surface area contributed by atoms with Crippen molar-refractivity contribution < 1.29 is 8.42 Å². The molecule has 2 aromatic heterocycles. The maximum atomic E-state index is 12.2. The summed E-state index contributed by atoms with van der Waals surface area (Å²) in [5.74, 6) is 1.46. The molecule has 0 fully saturated rings. The van der Waals surface area contributed by atoms with Crippen molar-refractivity contribution in [2.45, 2.75) is 31.4 Å². The van der Waals surface area contributed by atoms with Crippen LogP contribution in [0.2, 0.25) is 0 Å². The van der Waals surface area contributed by atoms with Crippen molar-refractivity contribution in [3.63, 3.8) is 0 Å². The van der Waals surface area contributed by atoms with E-state index in [0.717, 1.165) is 17.8 Å². The molecule has 0 aliphatic heterocycles. The molecule has 0 saturated heterocycles. The first-order valence-electron chi connectivity index (χ1n) is 7.03. The Morgan fingerprint density at radius 1 is 1.14 bits per heavy atom. The molecule has 8 heteroatoms. The molecule has 0 spiro atoms. The zero-order chi connectivity index (χ0) is 16.2. The van der Waals surface area contributed by atoms with E-state index in [0.29, 0.717) is 11.7 Å². The van der Waals surface area contributed by atoms with E-state index in [1.807, 2.05) is 6.92 Å². The zero-order valence-electron chi connectivity index (χ0n) is 12.8. The largest absolute Gasteiger partial charge is 0.369 e. The van der Waals surface area contributed by atoms with Crippen LogP contribution in [0.3, 0.4) is 0 Å². The summed E-state index contributed by atoms with van der Waals surface area (Å²) >= 11 is 1.22. The summed E-state index contributed by atoms with van der Waals surface area (Å²) in [5, 5.41) is 11.0. The van der Waals surface area contributed by atoms with Gasteiger partial charge in [-0.25, -0.2) is 8.42 Å². The molecular weight excluding hydrogens is 320 g/mol. The fourth-order valence-corrected chi connectivity index (χ4v) is 3.99. The van der Waals surface area contributed by atoms with Gasteiger partial charge in [-0.3, -0.25) is 4.72 Å². The van der Waals surface area contributed by atoms with Crippen LogP contribution in [0, 0.1) is 12.8 Å². The number of aromatic nitrogens is 2. The fourth-order valence-electron chi connectivity index (χ4n) is 1.71. The van der Waals surface area contributed by atoms with Gasteiger partial charge in [0, 0.05) is 11.4 Å². The molecule has 0 bridgehead atoms. The maximum absolute atomic E-state index is 12.2. The van der Waals surface area contributed by atoms with Gasteiger partial charge in [-0.15, -0.1) is 21.5 Å². The molecule has 0 atom stereocenters. The van der Waals surface area contributed by atoms with Gasteiger partial charge in [-0.2, -0.15) is 0 Å². The number of rotatable bonds is 7. The number of aryl methyl sites for hydroxylation is 1. The lowest BCUT2D eigenvalue weighted by Crippen LogP contribution is -2.13. The molecule has 120 valence electrons. The van der Waals surface area contributed by atoms with Crippen LogP contribution in [0.15, 0.2) is 28.5 Å². The number of anilines is 2. The smallest absolute Gasteiger partial charge is 0.272 e. The van der Waals surface area contributed by atoms with Crippen LogP contribution in [0.25, 0.3) is 0 Å². The molecule has 22 heavy (non-hydrogen) atoms. The van der Waals surface area contributed by atoms with Crippen LogP contribution in [0.5, 0.6) is 0 Å². The third-order valence-electron chi connectivity index (χ3n) is 2.91. The second kappa shape index (κ2) is 7.06. The predicted molar refractivity (Wildman–Crippen MR) is 89.8 cm³/mol. The van der Waals surface area contributed by atoms with Gasteiger partial charge >= 0.3 is 0 Å². The van der Waals surface area contributed by atoms with Crippen LogP contribution in [0.1, 0.15) is 25.1 Å². The van der Waals surface area contributed by atoms with Gasteiger partial charge in [0.2, 0.25) is 0 Å². The standard InChI is InChI=1S/C14H20N4O2S2/c1-10(2)8-9-15-12-5-6-13(17-16-12)18-22(19,20)14-7-4-11(3)21-14/h4-7,10H,8-9H2,1-3H3,(H,15,16)(H,17,18). The first-order chi connectivity index (χ1) is 10.4. The van der Waals surface area contributed by atoms with Gasteiger partial charge in [0.15, 0.2) is 5.82 Å². The Morgan fingerprint density at radius 2 is 1.82 bits per heavy atom. The summed E-state index contributed by atoms with van der Waals surface area (Å²) in [5.41, 5.74) is 0. The molecule has 2 heterocycles. The number of thiophene rings is 1. The lowest BCUT2D eigenvalue weighted by atomic mass is 10.1. The summed E-state index contributed by atoms with van der Waals surface area (Å²) in [7, 11) is -3.59. The Hall–Kier alpha value is -1.67. The highest BCUT2D eigenvalue weighted by molar-refractivity contribution is 7.94. The number of nitrogens with one attached hydrogen (secondary N) is 2. The molecule has 0 saturated carbocycles. The van der Waals surface area contributed by atoms with Crippen molar-refractivity contribution in [2.24, 2.45) is 5.92 Å². The Morgan fingerprint density at radius 3 is 2.36 bits per heavy atom. The van der Waals surface area contributed by atoms with Crippen molar-refractivity contribution in [2.75, 3.05) is 16.6 Å². The summed E-state index contributed by atoms with van der Waals surface area (Å²) in [6.45, 7) is 6.97. The van der Waals surface area contributed by atoms with Gasteiger partial charge in [0.1, 0.15) is 10.0 Å². The molecule has 0 radical (unpaired) electrons. The Balaban J connectivity index is 1.99. The molecule has 0 aliphatic carbocycles. The van der Waals surface area contributed by atoms with E-state index in [4.69, 9.17) is 0 Å². The molecule has 0 amide bonds. The summed E-state index contributed by atoms with van der Waals surface area (Å²) in [4.78, 5) is 0.941. The quantitative estimate of drug-likeness (QED) is 0.809. The number of nitrogens with zero attached hydrogens (tertiary/aromatic N) is 2. The molecule has 6 nitrogen and oxygen atoms in total. The highest BCUT2D eigenvalue weighted by Crippen LogP contribution is 2.22. The second-order valence-corrected chi connectivity index (χ2v) is 8.58. The van der Waals surface area contributed by atoms with E-state index in [-0.39, 0.29) is 10.0 Å². The number of hydrogen-bond acceptors (Lipinski definition) is 6. The van der Waals surface area contributed by atoms with Crippen molar-refractivity contribution in [1.29, 1.82) is 0 Å². The summed E-state index contributed by atoms with van der Waals surface area (Å²) in [6.07, 6.45) is 1.04. The molecule has 2 aromatic rings. The summed E-state index contributed by atoms with van der Waals surface area (Å²) in [6, 6.07) is 6.66. The molecule has 2 N–H and O–H groups in total. The minimum Gasteiger partial charge on any atom is -0.369 e. The lowest BCUT2D eigenvalue weighted by Gasteiger charge is -2.08. The third kappa shape index (κ3) is 4.67. The normalized spacial score (nSPS) is 11.6. The highest BCUT2D eigenvalue weighted by atomic mass is 32.2. The van der Waals surface area contributed by atoms with E-state index in [1.54, 1.807) is 24.3 Å². The van der Waals surface area contributed by atoms with Gasteiger partial charge in [-0.05, 0) is 43.5 Å². The number of hydrogen-bond donors (Lipinski definition) is 2. The van der Waals surface area contributed by atoms with Crippen molar-refractivity contribution >= 4 is 33.0 Å². The van der Waals surface area contributed by atoms with Gasteiger partial charge < -0.3 is 5.32 Å². The fraction of sp³-hybridized carbons (Fsp3) is 0.429. The van der Waals surface area contributed by atoms with Gasteiger partial charge in [0.25, 0.3) is 10.0 Å². The molecule has 0 aromatic carbocycles. The Bertz CT molecular complexity index is 709. The van der Waals surface area contributed by atoms with Gasteiger partial charge in [-0.1, -0.05) is 13.8 Å². The van der Waals surface area contributed by atoms with Crippen molar-refractivity contribution in [3.8, 4) is 0 Å². The number of sulfonamides is 1.